The molecule has 2 heterocycles. The fraction of sp³-hybridized carbons (Fsp3) is 0.455. The first kappa shape index (κ1) is 13.7. The first-order valence-corrected chi connectivity index (χ1v) is 5.29. The molecule has 1 fully saturated rings. The van der Waals surface area contributed by atoms with E-state index in [0.29, 0.717) is 17.5 Å². The Kier molecular flexibility index (Phi) is 4.72. The summed E-state index contributed by atoms with van der Waals surface area (Å²) in [5.41, 5.74) is 0.398. The standard InChI is InChI=1S/C11H15N3O2.ClH/c1-7-10(6-13-7)16-8-3-4-9(14-5-8)11(15)12-2;/h3-5,7,10,13H,6H2,1-2H3,(H,12,15);1H/t7-,10-;/m0./s1. The quantitative estimate of drug-likeness (QED) is 0.833. The molecule has 0 spiro atoms. The van der Waals surface area contributed by atoms with Crippen LogP contribution in [0.15, 0.2) is 18.3 Å². The molecule has 1 saturated heterocycles. The highest BCUT2D eigenvalue weighted by Gasteiger charge is 2.27. The molecule has 0 radical (unpaired) electrons. The van der Waals surface area contributed by atoms with Crippen molar-refractivity contribution in [3.8, 4) is 5.75 Å². The maximum atomic E-state index is 11.2. The van der Waals surface area contributed by atoms with Gasteiger partial charge in [0.15, 0.2) is 0 Å². The zero-order valence-corrected chi connectivity index (χ0v) is 10.6. The van der Waals surface area contributed by atoms with Crippen molar-refractivity contribution in [2.45, 2.75) is 19.1 Å². The van der Waals surface area contributed by atoms with Gasteiger partial charge in [0.05, 0.1) is 6.20 Å². The Morgan fingerprint density at radius 1 is 1.59 bits per heavy atom. The highest BCUT2D eigenvalue weighted by atomic mass is 35.5. The van der Waals surface area contributed by atoms with Gasteiger partial charge in [-0.1, -0.05) is 0 Å². The topological polar surface area (TPSA) is 63.2 Å². The number of nitrogens with one attached hydrogen (secondary N) is 2. The van der Waals surface area contributed by atoms with E-state index in [9.17, 15) is 4.79 Å². The largest absolute Gasteiger partial charge is 0.486 e. The molecule has 0 aromatic carbocycles. The van der Waals surface area contributed by atoms with Gasteiger partial charge in [0.25, 0.3) is 5.91 Å². The summed E-state index contributed by atoms with van der Waals surface area (Å²) in [6.45, 7) is 2.93. The van der Waals surface area contributed by atoms with Gasteiger partial charge in [-0.05, 0) is 19.1 Å². The van der Waals surface area contributed by atoms with Crippen molar-refractivity contribution >= 4 is 18.3 Å². The Hall–Kier alpha value is -1.33. The number of hydrogen-bond donors (Lipinski definition) is 2. The lowest BCUT2D eigenvalue weighted by molar-refractivity contribution is 0.0928. The average Bonchev–Trinajstić information content (AvgIpc) is 2.34. The molecule has 1 aromatic heterocycles. The SMILES string of the molecule is CNC(=O)c1ccc(O[C@H]2CN[C@H]2C)cn1.Cl. The zero-order chi connectivity index (χ0) is 11.5. The predicted molar refractivity (Wildman–Crippen MR) is 66.8 cm³/mol. The molecule has 17 heavy (non-hydrogen) atoms. The fourth-order valence-electron chi connectivity index (χ4n) is 1.48. The Morgan fingerprint density at radius 3 is 2.76 bits per heavy atom. The van der Waals surface area contributed by atoms with E-state index in [2.05, 4.69) is 22.5 Å². The monoisotopic (exact) mass is 257 g/mol. The number of pyridine rings is 1. The molecule has 2 N–H and O–H groups in total. The van der Waals surface area contributed by atoms with Crippen molar-refractivity contribution in [2.24, 2.45) is 0 Å². The molecule has 0 saturated carbocycles. The van der Waals surface area contributed by atoms with Crippen LogP contribution >= 0.6 is 12.4 Å². The first-order chi connectivity index (χ1) is 7.70. The molecule has 6 heteroatoms. The Balaban J connectivity index is 0.00000144. The van der Waals surface area contributed by atoms with Crippen molar-refractivity contribution in [1.82, 2.24) is 15.6 Å². The minimum atomic E-state index is -0.190. The number of rotatable bonds is 3. The van der Waals surface area contributed by atoms with Crippen LogP contribution < -0.4 is 15.4 Å². The molecule has 94 valence electrons. The number of nitrogens with zero attached hydrogens (tertiary/aromatic N) is 1. The summed E-state index contributed by atoms with van der Waals surface area (Å²) in [6.07, 6.45) is 1.78. The smallest absolute Gasteiger partial charge is 0.269 e. The first-order valence-electron chi connectivity index (χ1n) is 5.29. The van der Waals surface area contributed by atoms with E-state index in [0.717, 1.165) is 6.54 Å². The van der Waals surface area contributed by atoms with Crippen LogP contribution in [0.3, 0.4) is 0 Å². The van der Waals surface area contributed by atoms with E-state index >= 15 is 0 Å². The summed E-state index contributed by atoms with van der Waals surface area (Å²) >= 11 is 0. The van der Waals surface area contributed by atoms with Gasteiger partial charge < -0.3 is 15.4 Å². The maximum Gasteiger partial charge on any atom is 0.269 e. The van der Waals surface area contributed by atoms with Crippen molar-refractivity contribution in [1.29, 1.82) is 0 Å². The molecular weight excluding hydrogens is 242 g/mol. The van der Waals surface area contributed by atoms with E-state index in [-0.39, 0.29) is 24.4 Å². The summed E-state index contributed by atoms with van der Waals surface area (Å²) in [7, 11) is 1.58. The van der Waals surface area contributed by atoms with Gasteiger partial charge in [-0.15, -0.1) is 12.4 Å². The molecule has 0 bridgehead atoms. The lowest BCUT2D eigenvalue weighted by Gasteiger charge is -2.35. The van der Waals surface area contributed by atoms with Crippen LogP contribution in [0, 0.1) is 0 Å². The fourth-order valence-corrected chi connectivity index (χ4v) is 1.48. The third kappa shape index (κ3) is 3.08. The van der Waals surface area contributed by atoms with E-state index in [4.69, 9.17) is 4.74 Å². The lowest BCUT2D eigenvalue weighted by atomic mass is 10.1. The van der Waals surface area contributed by atoms with E-state index in [1.54, 1.807) is 25.4 Å². The van der Waals surface area contributed by atoms with Crippen molar-refractivity contribution in [3.63, 3.8) is 0 Å². The summed E-state index contributed by atoms with van der Waals surface area (Å²) < 4.78 is 5.67. The minimum Gasteiger partial charge on any atom is -0.486 e. The van der Waals surface area contributed by atoms with Crippen LogP contribution in [0.5, 0.6) is 5.75 Å². The van der Waals surface area contributed by atoms with Crippen LogP contribution in [0.25, 0.3) is 0 Å². The lowest BCUT2D eigenvalue weighted by Crippen LogP contribution is -2.58. The maximum absolute atomic E-state index is 11.2. The van der Waals surface area contributed by atoms with Crippen molar-refractivity contribution < 1.29 is 9.53 Å². The molecule has 1 aliphatic rings. The number of halogens is 1. The van der Waals surface area contributed by atoms with Crippen LogP contribution in [0.1, 0.15) is 17.4 Å². The summed E-state index contributed by atoms with van der Waals surface area (Å²) in [4.78, 5) is 15.3. The second-order valence-electron chi connectivity index (χ2n) is 3.81. The Labute approximate surface area is 106 Å². The average molecular weight is 258 g/mol. The summed E-state index contributed by atoms with van der Waals surface area (Å²) in [5.74, 6) is 0.510. The number of carbonyl (C=O) groups excluding carboxylic acids is 1. The Bertz CT molecular complexity index is 383. The highest BCUT2D eigenvalue weighted by Crippen LogP contribution is 2.15. The second kappa shape index (κ2) is 5.84. The minimum absolute atomic E-state index is 0. The van der Waals surface area contributed by atoms with E-state index < -0.39 is 0 Å². The van der Waals surface area contributed by atoms with Gasteiger partial charge in [0.1, 0.15) is 17.5 Å². The number of amides is 1. The number of hydrogen-bond acceptors (Lipinski definition) is 4. The molecule has 2 rings (SSSR count). The molecule has 1 aromatic rings. The zero-order valence-electron chi connectivity index (χ0n) is 9.77. The van der Waals surface area contributed by atoms with Crippen molar-refractivity contribution in [2.75, 3.05) is 13.6 Å². The number of carbonyl (C=O) groups is 1. The summed E-state index contributed by atoms with van der Waals surface area (Å²) in [6, 6.07) is 3.80. The molecular formula is C11H16ClN3O2. The highest BCUT2D eigenvalue weighted by molar-refractivity contribution is 5.91. The van der Waals surface area contributed by atoms with Gasteiger partial charge in [-0.25, -0.2) is 4.98 Å². The molecule has 0 unspecified atom stereocenters. The van der Waals surface area contributed by atoms with Crippen LogP contribution in [-0.2, 0) is 0 Å². The molecule has 5 nitrogen and oxygen atoms in total. The van der Waals surface area contributed by atoms with Crippen LogP contribution in [0.4, 0.5) is 0 Å². The predicted octanol–water partition coefficient (Wildman–Crippen LogP) is 0.602. The summed E-state index contributed by atoms with van der Waals surface area (Å²) in [5, 5.41) is 5.73. The van der Waals surface area contributed by atoms with Gasteiger partial charge >= 0.3 is 0 Å². The van der Waals surface area contributed by atoms with E-state index in [1.807, 2.05) is 0 Å². The third-order valence-electron chi connectivity index (χ3n) is 2.68. The Morgan fingerprint density at radius 2 is 2.35 bits per heavy atom. The molecule has 1 aliphatic heterocycles. The van der Waals surface area contributed by atoms with Gasteiger partial charge in [0, 0.05) is 19.6 Å². The van der Waals surface area contributed by atoms with Gasteiger partial charge in [-0.3, -0.25) is 4.79 Å². The molecule has 0 aliphatic carbocycles. The van der Waals surface area contributed by atoms with Crippen LogP contribution in [0.2, 0.25) is 0 Å². The molecule has 2 atom stereocenters. The van der Waals surface area contributed by atoms with Crippen molar-refractivity contribution in [3.05, 3.63) is 24.0 Å². The normalized spacial score (nSPS) is 22.0. The second-order valence-corrected chi connectivity index (χ2v) is 3.81. The van der Waals surface area contributed by atoms with Gasteiger partial charge in [0.2, 0.25) is 0 Å². The number of ether oxygens (including phenoxy) is 1. The van der Waals surface area contributed by atoms with E-state index in [1.165, 1.54) is 0 Å². The van der Waals surface area contributed by atoms with Crippen LogP contribution in [-0.4, -0.2) is 36.6 Å². The van der Waals surface area contributed by atoms with Gasteiger partial charge in [-0.2, -0.15) is 0 Å². The number of aromatic nitrogens is 1. The molecule has 1 amide bonds. The third-order valence-corrected chi connectivity index (χ3v) is 2.68.